The Kier molecular flexibility index (Phi) is 5.89. The first kappa shape index (κ1) is 19.1. The van der Waals surface area contributed by atoms with Crippen LogP contribution in [0.5, 0.6) is 11.5 Å². The van der Waals surface area contributed by atoms with Crippen LogP contribution in [0, 0.1) is 16.7 Å². The van der Waals surface area contributed by atoms with Crippen molar-refractivity contribution in [2.24, 2.45) is 0 Å². The number of rotatable bonds is 6. The van der Waals surface area contributed by atoms with Crippen molar-refractivity contribution >= 4 is 34.3 Å². The average Bonchev–Trinajstić information content (AvgIpc) is 2.69. The van der Waals surface area contributed by atoms with Crippen LogP contribution in [0.1, 0.15) is 5.56 Å². The molecule has 0 radical (unpaired) electrons. The summed E-state index contributed by atoms with van der Waals surface area (Å²) in [6, 6.07) is 13.1. The third kappa shape index (κ3) is 3.87. The lowest BCUT2D eigenvalue weighted by atomic mass is 10.2. The molecule has 0 amide bonds. The zero-order valence-electron chi connectivity index (χ0n) is 14.8. The van der Waals surface area contributed by atoms with E-state index in [1.54, 1.807) is 30.9 Å². The normalized spacial score (nSPS) is 10.6. The van der Waals surface area contributed by atoms with Crippen LogP contribution in [-0.4, -0.2) is 29.5 Å². The average molecular weight is 401 g/mol. The number of ether oxygens (including phenoxy) is 2. The van der Waals surface area contributed by atoms with Crippen LogP contribution in [0.3, 0.4) is 0 Å². The van der Waals surface area contributed by atoms with Gasteiger partial charge in [-0.3, -0.25) is 5.41 Å². The Labute approximate surface area is 165 Å². The summed E-state index contributed by atoms with van der Waals surface area (Å²) in [6.07, 6.45) is 0. The van der Waals surface area contributed by atoms with Gasteiger partial charge in [0.1, 0.15) is 5.49 Å². The molecule has 0 saturated heterocycles. The Bertz CT molecular complexity index is 1090. The third-order valence-electron chi connectivity index (χ3n) is 4.03. The number of fused-ring (bicyclic) bond motifs is 1. The zero-order chi connectivity index (χ0) is 19.4. The standard InChI is InChI=1S/C19H17ClN4O2S/c1-25-16-9-13-15(10-17(16)26-2)23-19(27-8-7-21)24(18(13)22)11-12-5-3-4-6-14(12)20/h3-6,9-10,22H,8,11H2,1-2H3. The summed E-state index contributed by atoms with van der Waals surface area (Å²) in [5.41, 5.74) is 1.74. The highest BCUT2D eigenvalue weighted by molar-refractivity contribution is 7.99. The first-order chi connectivity index (χ1) is 13.1. The van der Waals surface area contributed by atoms with Crippen LogP contribution in [0.4, 0.5) is 0 Å². The predicted molar refractivity (Wildman–Crippen MR) is 106 cm³/mol. The summed E-state index contributed by atoms with van der Waals surface area (Å²) >= 11 is 7.58. The molecule has 0 unspecified atom stereocenters. The summed E-state index contributed by atoms with van der Waals surface area (Å²) in [5, 5.41) is 19.5. The molecule has 8 heteroatoms. The molecular weight excluding hydrogens is 384 g/mol. The van der Waals surface area contributed by atoms with E-state index in [0.717, 1.165) is 5.56 Å². The molecule has 27 heavy (non-hydrogen) atoms. The van der Waals surface area contributed by atoms with E-state index in [9.17, 15) is 0 Å². The Morgan fingerprint density at radius 3 is 2.59 bits per heavy atom. The van der Waals surface area contributed by atoms with Gasteiger partial charge < -0.3 is 14.0 Å². The SMILES string of the molecule is COc1cc2nc(SCC#N)n(Cc3ccccc3Cl)c(=N)c2cc1OC. The number of aromatic nitrogens is 2. The first-order valence-electron chi connectivity index (χ1n) is 8.03. The molecule has 0 bridgehead atoms. The summed E-state index contributed by atoms with van der Waals surface area (Å²) in [6.45, 7) is 0.379. The summed E-state index contributed by atoms with van der Waals surface area (Å²) in [4.78, 5) is 4.66. The lowest BCUT2D eigenvalue weighted by molar-refractivity contribution is 0.355. The second-order valence-corrected chi connectivity index (χ2v) is 6.94. The van der Waals surface area contributed by atoms with Gasteiger partial charge in [0.25, 0.3) is 0 Å². The maximum absolute atomic E-state index is 8.97. The van der Waals surface area contributed by atoms with Crippen LogP contribution in [0.25, 0.3) is 10.9 Å². The number of nitrogens with one attached hydrogen (secondary N) is 1. The van der Waals surface area contributed by atoms with Gasteiger partial charge in [-0.2, -0.15) is 5.26 Å². The van der Waals surface area contributed by atoms with Crippen molar-refractivity contribution in [2.45, 2.75) is 11.7 Å². The molecule has 0 aliphatic heterocycles. The number of halogens is 1. The second kappa shape index (κ2) is 8.33. The first-order valence-corrected chi connectivity index (χ1v) is 9.39. The van der Waals surface area contributed by atoms with Crippen LogP contribution in [-0.2, 0) is 6.54 Å². The third-order valence-corrected chi connectivity index (χ3v) is 5.24. The fourth-order valence-corrected chi connectivity index (χ4v) is 3.57. The van der Waals surface area contributed by atoms with E-state index < -0.39 is 0 Å². The molecule has 0 spiro atoms. The molecular formula is C19H17ClN4O2S. The molecule has 0 aliphatic rings. The van der Waals surface area contributed by atoms with Crippen LogP contribution in [0.15, 0.2) is 41.6 Å². The summed E-state index contributed by atoms with van der Waals surface area (Å²) in [7, 11) is 3.10. The van der Waals surface area contributed by atoms with E-state index in [4.69, 9.17) is 31.7 Å². The number of hydrogen-bond acceptors (Lipinski definition) is 6. The van der Waals surface area contributed by atoms with E-state index in [0.29, 0.717) is 39.1 Å². The number of nitriles is 1. The minimum Gasteiger partial charge on any atom is -0.493 e. The second-order valence-electron chi connectivity index (χ2n) is 5.59. The van der Waals surface area contributed by atoms with Gasteiger partial charge in [0.2, 0.25) is 0 Å². The van der Waals surface area contributed by atoms with Crippen molar-refractivity contribution < 1.29 is 9.47 Å². The maximum atomic E-state index is 8.97. The van der Waals surface area contributed by atoms with Gasteiger partial charge in [-0.1, -0.05) is 41.6 Å². The van der Waals surface area contributed by atoms with Gasteiger partial charge >= 0.3 is 0 Å². The van der Waals surface area contributed by atoms with Crippen molar-refractivity contribution in [1.82, 2.24) is 9.55 Å². The van der Waals surface area contributed by atoms with Gasteiger partial charge in [-0.25, -0.2) is 4.98 Å². The monoisotopic (exact) mass is 400 g/mol. The highest BCUT2D eigenvalue weighted by atomic mass is 35.5. The molecule has 0 saturated carbocycles. The number of benzene rings is 2. The van der Waals surface area contributed by atoms with E-state index in [1.807, 2.05) is 24.3 Å². The van der Waals surface area contributed by atoms with Gasteiger partial charge in [0.15, 0.2) is 16.7 Å². The smallest absolute Gasteiger partial charge is 0.171 e. The Balaban J connectivity index is 2.23. The van der Waals surface area contributed by atoms with Gasteiger partial charge in [-0.05, 0) is 17.7 Å². The molecule has 1 aromatic heterocycles. The van der Waals surface area contributed by atoms with Gasteiger partial charge in [-0.15, -0.1) is 0 Å². The van der Waals surface area contributed by atoms with Crippen LogP contribution >= 0.6 is 23.4 Å². The van der Waals surface area contributed by atoms with Crippen LogP contribution < -0.4 is 15.0 Å². The lowest BCUT2D eigenvalue weighted by Gasteiger charge is -2.16. The zero-order valence-corrected chi connectivity index (χ0v) is 16.4. The molecule has 1 heterocycles. The number of thioether (sulfide) groups is 1. The number of nitrogens with zero attached hydrogens (tertiary/aromatic N) is 3. The quantitative estimate of drug-likeness (QED) is 0.501. The molecule has 2 aromatic carbocycles. The maximum Gasteiger partial charge on any atom is 0.171 e. The van der Waals surface area contributed by atoms with E-state index in [2.05, 4.69) is 11.1 Å². The fourth-order valence-electron chi connectivity index (χ4n) is 2.71. The van der Waals surface area contributed by atoms with Crippen molar-refractivity contribution in [1.29, 1.82) is 10.7 Å². The molecule has 138 valence electrons. The lowest BCUT2D eigenvalue weighted by Crippen LogP contribution is -2.24. The van der Waals surface area contributed by atoms with Crippen molar-refractivity contribution in [3.05, 3.63) is 52.5 Å². The Morgan fingerprint density at radius 1 is 1.22 bits per heavy atom. The molecule has 3 aromatic rings. The van der Waals surface area contributed by atoms with Gasteiger partial charge in [0.05, 0.1) is 38.1 Å². The highest BCUT2D eigenvalue weighted by Gasteiger charge is 2.15. The molecule has 3 rings (SSSR count). The Hall–Kier alpha value is -2.69. The van der Waals surface area contributed by atoms with Crippen molar-refractivity contribution in [3.8, 4) is 17.6 Å². The van der Waals surface area contributed by atoms with Gasteiger partial charge in [0, 0.05) is 16.5 Å². The van der Waals surface area contributed by atoms with Crippen LogP contribution in [0.2, 0.25) is 5.02 Å². The van der Waals surface area contributed by atoms with E-state index in [1.165, 1.54) is 11.8 Å². The topological polar surface area (TPSA) is 83.9 Å². The Morgan fingerprint density at radius 2 is 1.93 bits per heavy atom. The fraction of sp³-hybridized carbons (Fsp3) is 0.211. The van der Waals surface area contributed by atoms with Crippen molar-refractivity contribution in [2.75, 3.05) is 20.0 Å². The molecule has 0 atom stereocenters. The summed E-state index contributed by atoms with van der Waals surface area (Å²) in [5.74, 6) is 1.30. The number of methoxy groups -OCH3 is 2. The van der Waals surface area contributed by atoms with E-state index in [-0.39, 0.29) is 11.2 Å². The van der Waals surface area contributed by atoms with Crippen molar-refractivity contribution in [3.63, 3.8) is 0 Å². The summed E-state index contributed by atoms with van der Waals surface area (Å²) < 4.78 is 12.4. The largest absolute Gasteiger partial charge is 0.493 e. The predicted octanol–water partition coefficient (Wildman–Crippen LogP) is 3.85. The highest BCUT2D eigenvalue weighted by Crippen LogP contribution is 2.31. The molecule has 0 fully saturated rings. The molecule has 1 N–H and O–H groups in total. The number of hydrogen-bond donors (Lipinski definition) is 1. The van der Waals surface area contributed by atoms with E-state index >= 15 is 0 Å². The molecule has 0 aliphatic carbocycles. The minimum atomic E-state index is 0.230. The molecule has 6 nitrogen and oxygen atoms in total. The minimum absolute atomic E-state index is 0.230.